The molecular weight excluding hydrogens is 324 g/mol. The molecule has 3 aromatic rings. The molecule has 0 bridgehead atoms. The van der Waals surface area contributed by atoms with Gasteiger partial charge in [-0.2, -0.15) is 0 Å². The van der Waals surface area contributed by atoms with Crippen molar-refractivity contribution in [3.63, 3.8) is 0 Å². The van der Waals surface area contributed by atoms with Gasteiger partial charge in [0.05, 0.1) is 7.11 Å². The molecule has 2 aromatic carbocycles. The molecular formula is C21H24N4O. The van der Waals surface area contributed by atoms with E-state index in [2.05, 4.69) is 44.9 Å². The Kier molecular flexibility index (Phi) is 6.42. The first-order chi connectivity index (χ1) is 12.8. The van der Waals surface area contributed by atoms with E-state index in [1.54, 1.807) is 13.4 Å². The lowest BCUT2D eigenvalue weighted by Gasteiger charge is -2.09. The molecule has 0 atom stereocenters. The lowest BCUT2D eigenvalue weighted by Crippen LogP contribution is -2.07. The van der Waals surface area contributed by atoms with Gasteiger partial charge in [0.15, 0.2) is 0 Å². The van der Waals surface area contributed by atoms with Crippen LogP contribution in [0.1, 0.15) is 17.5 Å². The predicted molar refractivity (Wildman–Crippen MR) is 106 cm³/mol. The van der Waals surface area contributed by atoms with Crippen molar-refractivity contribution < 1.29 is 4.74 Å². The summed E-state index contributed by atoms with van der Waals surface area (Å²) in [6, 6.07) is 20.4. The second-order valence-corrected chi connectivity index (χ2v) is 6.01. The Labute approximate surface area is 154 Å². The number of methoxy groups -OCH3 is 1. The number of rotatable bonds is 9. The summed E-state index contributed by atoms with van der Waals surface area (Å²) < 4.78 is 5.17. The van der Waals surface area contributed by atoms with Crippen LogP contribution in [0.2, 0.25) is 0 Å². The Morgan fingerprint density at radius 3 is 2.31 bits per heavy atom. The number of benzene rings is 2. The highest BCUT2D eigenvalue weighted by Gasteiger charge is 2.00. The van der Waals surface area contributed by atoms with Crippen molar-refractivity contribution >= 4 is 11.6 Å². The van der Waals surface area contributed by atoms with Crippen LogP contribution < -0.4 is 15.4 Å². The maximum atomic E-state index is 5.17. The van der Waals surface area contributed by atoms with Crippen LogP contribution in [0.15, 0.2) is 67.0 Å². The SMILES string of the molecule is COc1ccc(CNc2cc(NCCCc3ccccc3)ncn2)cc1. The summed E-state index contributed by atoms with van der Waals surface area (Å²) in [6.07, 6.45) is 3.69. The van der Waals surface area contributed by atoms with Crippen molar-refractivity contribution in [1.29, 1.82) is 0 Å². The monoisotopic (exact) mass is 348 g/mol. The van der Waals surface area contributed by atoms with Crippen molar-refractivity contribution in [1.82, 2.24) is 9.97 Å². The fourth-order valence-electron chi connectivity index (χ4n) is 2.64. The molecule has 0 fully saturated rings. The molecule has 26 heavy (non-hydrogen) atoms. The lowest BCUT2D eigenvalue weighted by atomic mass is 10.1. The summed E-state index contributed by atoms with van der Waals surface area (Å²) in [5, 5.41) is 6.68. The fourth-order valence-corrected chi connectivity index (χ4v) is 2.64. The molecule has 0 saturated carbocycles. The van der Waals surface area contributed by atoms with E-state index in [1.807, 2.05) is 36.4 Å². The highest BCUT2D eigenvalue weighted by molar-refractivity contribution is 5.46. The average molecular weight is 348 g/mol. The summed E-state index contributed by atoms with van der Waals surface area (Å²) in [7, 11) is 1.67. The quantitative estimate of drug-likeness (QED) is 0.569. The molecule has 5 heteroatoms. The van der Waals surface area contributed by atoms with E-state index in [0.29, 0.717) is 6.54 Å². The molecule has 3 rings (SSSR count). The number of ether oxygens (including phenoxy) is 1. The highest BCUT2D eigenvalue weighted by atomic mass is 16.5. The Balaban J connectivity index is 1.45. The van der Waals surface area contributed by atoms with Gasteiger partial charge in [0.25, 0.3) is 0 Å². The lowest BCUT2D eigenvalue weighted by molar-refractivity contribution is 0.414. The smallest absolute Gasteiger partial charge is 0.131 e. The van der Waals surface area contributed by atoms with Crippen LogP contribution in [0.25, 0.3) is 0 Å². The zero-order chi connectivity index (χ0) is 18.0. The summed E-state index contributed by atoms with van der Waals surface area (Å²) in [5.74, 6) is 2.50. The normalized spacial score (nSPS) is 10.3. The second kappa shape index (κ2) is 9.42. The summed E-state index contributed by atoms with van der Waals surface area (Å²) in [4.78, 5) is 8.56. The number of aromatic nitrogens is 2. The van der Waals surface area contributed by atoms with Crippen molar-refractivity contribution in [2.75, 3.05) is 24.3 Å². The molecule has 0 spiro atoms. The van der Waals surface area contributed by atoms with Crippen LogP contribution in [-0.4, -0.2) is 23.6 Å². The first-order valence-electron chi connectivity index (χ1n) is 8.80. The minimum Gasteiger partial charge on any atom is -0.497 e. The minimum atomic E-state index is 0.703. The number of anilines is 2. The first-order valence-corrected chi connectivity index (χ1v) is 8.80. The van der Waals surface area contributed by atoms with Gasteiger partial charge in [0.1, 0.15) is 23.7 Å². The van der Waals surface area contributed by atoms with E-state index >= 15 is 0 Å². The van der Waals surface area contributed by atoms with Gasteiger partial charge >= 0.3 is 0 Å². The van der Waals surface area contributed by atoms with E-state index < -0.39 is 0 Å². The number of aryl methyl sites for hydroxylation is 1. The summed E-state index contributed by atoms with van der Waals surface area (Å²) >= 11 is 0. The van der Waals surface area contributed by atoms with Gasteiger partial charge in [-0.25, -0.2) is 9.97 Å². The molecule has 0 aliphatic rings. The third kappa shape index (κ3) is 5.48. The highest BCUT2D eigenvalue weighted by Crippen LogP contribution is 2.14. The zero-order valence-electron chi connectivity index (χ0n) is 15.0. The predicted octanol–water partition coefficient (Wildman–Crippen LogP) is 4.14. The van der Waals surface area contributed by atoms with Crippen molar-refractivity contribution in [2.45, 2.75) is 19.4 Å². The summed E-state index contributed by atoms with van der Waals surface area (Å²) in [5.41, 5.74) is 2.53. The maximum absolute atomic E-state index is 5.17. The van der Waals surface area contributed by atoms with E-state index in [0.717, 1.165) is 36.8 Å². The van der Waals surface area contributed by atoms with E-state index in [4.69, 9.17) is 4.74 Å². The molecule has 0 amide bonds. The molecule has 1 heterocycles. The van der Waals surface area contributed by atoms with Gasteiger partial charge in [-0.05, 0) is 36.1 Å². The summed E-state index contributed by atoms with van der Waals surface area (Å²) in [6.45, 7) is 1.58. The van der Waals surface area contributed by atoms with Gasteiger partial charge < -0.3 is 15.4 Å². The number of nitrogens with zero attached hydrogens (tertiary/aromatic N) is 2. The van der Waals surface area contributed by atoms with Gasteiger partial charge in [0.2, 0.25) is 0 Å². The second-order valence-electron chi connectivity index (χ2n) is 6.01. The minimum absolute atomic E-state index is 0.703. The van der Waals surface area contributed by atoms with Gasteiger partial charge in [-0.15, -0.1) is 0 Å². The molecule has 0 aliphatic heterocycles. The van der Waals surface area contributed by atoms with Crippen LogP contribution in [0.3, 0.4) is 0 Å². The molecule has 0 saturated heterocycles. The Bertz CT molecular complexity index is 791. The van der Waals surface area contributed by atoms with Crippen LogP contribution in [0, 0.1) is 0 Å². The van der Waals surface area contributed by atoms with E-state index in [1.165, 1.54) is 11.1 Å². The van der Waals surface area contributed by atoms with Crippen molar-refractivity contribution in [3.05, 3.63) is 78.1 Å². The maximum Gasteiger partial charge on any atom is 0.131 e. The van der Waals surface area contributed by atoms with Crippen molar-refractivity contribution in [3.8, 4) is 5.75 Å². The van der Waals surface area contributed by atoms with Gasteiger partial charge in [0, 0.05) is 19.2 Å². The third-order valence-corrected chi connectivity index (χ3v) is 4.09. The molecule has 5 nitrogen and oxygen atoms in total. The van der Waals surface area contributed by atoms with E-state index in [-0.39, 0.29) is 0 Å². The molecule has 134 valence electrons. The largest absolute Gasteiger partial charge is 0.497 e. The van der Waals surface area contributed by atoms with Crippen LogP contribution in [-0.2, 0) is 13.0 Å². The Morgan fingerprint density at radius 2 is 1.58 bits per heavy atom. The Hall–Kier alpha value is -3.08. The molecule has 0 aliphatic carbocycles. The molecule has 0 radical (unpaired) electrons. The number of hydrogen-bond donors (Lipinski definition) is 2. The standard InChI is InChI=1S/C21H24N4O/c1-26-19-11-9-18(10-12-19)15-23-21-14-20(24-16-25-21)22-13-5-8-17-6-3-2-4-7-17/h2-4,6-7,9-12,14,16H,5,8,13,15H2,1H3,(H2,22,23,24,25). The fraction of sp³-hybridized carbons (Fsp3) is 0.238. The van der Waals surface area contributed by atoms with Gasteiger partial charge in [-0.3, -0.25) is 0 Å². The molecule has 2 N–H and O–H groups in total. The molecule has 0 unspecified atom stereocenters. The van der Waals surface area contributed by atoms with E-state index in [9.17, 15) is 0 Å². The molecule has 1 aromatic heterocycles. The van der Waals surface area contributed by atoms with Crippen LogP contribution in [0.4, 0.5) is 11.6 Å². The van der Waals surface area contributed by atoms with Gasteiger partial charge in [-0.1, -0.05) is 42.5 Å². The number of nitrogens with one attached hydrogen (secondary N) is 2. The van der Waals surface area contributed by atoms with Crippen LogP contribution in [0.5, 0.6) is 5.75 Å². The van der Waals surface area contributed by atoms with Crippen molar-refractivity contribution in [2.24, 2.45) is 0 Å². The third-order valence-electron chi connectivity index (χ3n) is 4.09. The zero-order valence-corrected chi connectivity index (χ0v) is 15.0. The van der Waals surface area contributed by atoms with Crippen LogP contribution >= 0.6 is 0 Å². The first kappa shape index (κ1) is 17.7. The average Bonchev–Trinajstić information content (AvgIpc) is 2.71. The Morgan fingerprint density at radius 1 is 0.846 bits per heavy atom. The number of hydrogen-bond acceptors (Lipinski definition) is 5. The topological polar surface area (TPSA) is 59.1 Å².